The number of amides is 1. The van der Waals surface area contributed by atoms with E-state index in [9.17, 15) is 9.59 Å². The Morgan fingerprint density at radius 2 is 1.74 bits per heavy atom. The first-order chi connectivity index (χ1) is 11.2. The third-order valence-electron chi connectivity index (χ3n) is 3.14. The first-order valence-electron chi connectivity index (χ1n) is 7.34. The summed E-state index contributed by atoms with van der Waals surface area (Å²) >= 11 is 1.66. The highest BCUT2D eigenvalue weighted by atomic mass is 32.2. The second-order valence-electron chi connectivity index (χ2n) is 4.90. The van der Waals surface area contributed by atoms with E-state index in [0.29, 0.717) is 12.1 Å². The van der Waals surface area contributed by atoms with Gasteiger partial charge in [-0.25, -0.2) is 4.79 Å². The summed E-state index contributed by atoms with van der Waals surface area (Å²) < 4.78 is 5.03. The Bertz CT molecular complexity index is 658. The highest BCUT2D eigenvalue weighted by Crippen LogP contribution is 2.15. The van der Waals surface area contributed by atoms with Crippen molar-refractivity contribution in [1.82, 2.24) is 5.32 Å². The number of ether oxygens (including phenoxy) is 1. The van der Waals surface area contributed by atoms with Gasteiger partial charge in [0, 0.05) is 17.2 Å². The van der Waals surface area contributed by atoms with Gasteiger partial charge >= 0.3 is 5.97 Å². The van der Waals surface area contributed by atoms with Crippen LogP contribution in [0.5, 0.6) is 0 Å². The molecule has 0 fully saturated rings. The topological polar surface area (TPSA) is 55.4 Å². The molecule has 0 bridgehead atoms. The molecule has 0 heterocycles. The molecule has 0 radical (unpaired) electrons. The zero-order valence-corrected chi connectivity index (χ0v) is 13.8. The van der Waals surface area contributed by atoms with Gasteiger partial charge in [-0.05, 0) is 30.7 Å². The van der Waals surface area contributed by atoms with Crippen LogP contribution in [0.15, 0.2) is 59.5 Å². The summed E-state index contributed by atoms with van der Waals surface area (Å²) in [5.74, 6) is -0.000828. The van der Waals surface area contributed by atoms with Gasteiger partial charge in [0.25, 0.3) is 5.91 Å². The van der Waals surface area contributed by atoms with Crippen molar-refractivity contribution < 1.29 is 14.3 Å². The molecule has 0 aromatic heterocycles. The zero-order chi connectivity index (χ0) is 16.5. The number of hydrogen-bond donors (Lipinski definition) is 1. The molecule has 4 nitrogen and oxygen atoms in total. The Labute approximate surface area is 140 Å². The number of thioether (sulfide) groups is 1. The summed E-state index contributed by atoms with van der Waals surface area (Å²) in [6.07, 6.45) is 0. The van der Waals surface area contributed by atoms with Crippen molar-refractivity contribution in [3.8, 4) is 0 Å². The molecule has 0 atom stereocenters. The summed E-state index contributed by atoms with van der Waals surface area (Å²) in [4.78, 5) is 24.7. The monoisotopic (exact) mass is 329 g/mol. The normalized spacial score (nSPS) is 10.1. The highest BCUT2D eigenvalue weighted by molar-refractivity contribution is 7.99. The summed E-state index contributed by atoms with van der Waals surface area (Å²) in [6.45, 7) is 2.10. The van der Waals surface area contributed by atoms with Gasteiger partial charge in [0.2, 0.25) is 0 Å². The fourth-order valence-corrected chi connectivity index (χ4v) is 2.73. The van der Waals surface area contributed by atoms with E-state index in [-0.39, 0.29) is 12.5 Å². The average molecular weight is 329 g/mol. The first-order valence-corrected chi connectivity index (χ1v) is 8.32. The lowest BCUT2D eigenvalue weighted by atomic mass is 10.1. The summed E-state index contributed by atoms with van der Waals surface area (Å²) in [7, 11) is 0. The van der Waals surface area contributed by atoms with Crippen LogP contribution in [0.1, 0.15) is 15.9 Å². The maximum Gasteiger partial charge on any atom is 0.338 e. The predicted molar refractivity (Wildman–Crippen MR) is 91.6 cm³/mol. The maximum absolute atomic E-state index is 11.9. The van der Waals surface area contributed by atoms with Crippen LogP contribution in [0.25, 0.3) is 0 Å². The first kappa shape index (κ1) is 17.1. The minimum Gasteiger partial charge on any atom is -0.452 e. The van der Waals surface area contributed by atoms with Crippen molar-refractivity contribution in [2.45, 2.75) is 11.8 Å². The fraction of sp³-hybridized carbons (Fsp3) is 0.222. The Morgan fingerprint density at radius 3 is 2.48 bits per heavy atom. The molecule has 2 rings (SSSR count). The molecule has 1 amide bonds. The van der Waals surface area contributed by atoms with Gasteiger partial charge in [0.15, 0.2) is 6.61 Å². The van der Waals surface area contributed by atoms with Crippen LogP contribution in [-0.2, 0) is 9.53 Å². The van der Waals surface area contributed by atoms with Gasteiger partial charge in [0.05, 0.1) is 5.56 Å². The molecule has 1 N–H and O–H groups in total. The summed E-state index contributed by atoms with van der Waals surface area (Å²) in [5.41, 5.74) is 1.32. The number of carbonyl (C=O) groups excluding carboxylic acids is 2. The van der Waals surface area contributed by atoms with Gasteiger partial charge in [-0.3, -0.25) is 4.79 Å². The quantitative estimate of drug-likeness (QED) is 0.482. The number of esters is 1. The third kappa shape index (κ3) is 5.79. The van der Waals surface area contributed by atoms with E-state index >= 15 is 0 Å². The number of aryl methyl sites for hydroxylation is 1. The Hall–Kier alpha value is -2.27. The smallest absolute Gasteiger partial charge is 0.338 e. The molecule has 23 heavy (non-hydrogen) atoms. The zero-order valence-electron chi connectivity index (χ0n) is 13.0. The minimum absolute atomic E-state index is 0.261. The molecule has 0 aliphatic carbocycles. The maximum atomic E-state index is 11.9. The molecule has 0 aliphatic heterocycles. The van der Waals surface area contributed by atoms with E-state index < -0.39 is 5.97 Å². The SMILES string of the molecule is Cc1ccccc1C(=O)OCC(=O)NCCSc1ccccc1. The van der Waals surface area contributed by atoms with Gasteiger partial charge in [0.1, 0.15) is 0 Å². The molecule has 0 aliphatic rings. The number of carbonyl (C=O) groups is 2. The van der Waals surface area contributed by atoms with Crippen LogP contribution < -0.4 is 5.32 Å². The Morgan fingerprint density at radius 1 is 1.04 bits per heavy atom. The van der Waals surface area contributed by atoms with Gasteiger partial charge in [-0.1, -0.05) is 36.4 Å². The van der Waals surface area contributed by atoms with Crippen LogP contribution in [0.2, 0.25) is 0 Å². The number of benzene rings is 2. The summed E-state index contributed by atoms with van der Waals surface area (Å²) in [5, 5.41) is 2.74. The van der Waals surface area contributed by atoms with E-state index in [1.165, 1.54) is 0 Å². The molecule has 2 aromatic rings. The van der Waals surface area contributed by atoms with Gasteiger partial charge in [-0.2, -0.15) is 0 Å². The molecule has 0 unspecified atom stereocenters. The van der Waals surface area contributed by atoms with E-state index in [1.807, 2.05) is 49.4 Å². The Kier molecular flexibility index (Phi) is 6.69. The van der Waals surface area contributed by atoms with E-state index in [2.05, 4.69) is 5.32 Å². The van der Waals surface area contributed by atoms with Crippen molar-refractivity contribution in [2.75, 3.05) is 18.9 Å². The summed E-state index contributed by atoms with van der Waals surface area (Å²) in [6, 6.07) is 17.1. The molecule has 0 saturated carbocycles. The molecular weight excluding hydrogens is 310 g/mol. The fourth-order valence-electron chi connectivity index (χ4n) is 1.94. The molecule has 2 aromatic carbocycles. The van der Waals surface area contributed by atoms with Gasteiger partial charge < -0.3 is 10.1 Å². The third-order valence-corrected chi connectivity index (χ3v) is 4.15. The molecule has 120 valence electrons. The number of hydrogen-bond acceptors (Lipinski definition) is 4. The molecule has 0 spiro atoms. The van der Waals surface area contributed by atoms with Crippen molar-refractivity contribution in [1.29, 1.82) is 0 Å². The minimum atomic E-state index is -0.475. The molecular formula is C18H19NO3S. The second-order valence-corrected chi connectivity index (χ2v) is 6.07. The Balaban J connectivity index is 1.65. The largest absolute Gasteiger partial charge is 0.452 e. The predicted octanol–water partition coefficient (Wildman–Crippen LogP) is 3.06. The molecule has 5 heteroatoms. The molecule has 0 saturated heterocycles. The van der Waals surface area contributed by atoms with Crippen LogP contribution in [0, 0.1) is 6.92 Å². The van der Waals surface area contributed by atoms with Crippen LogP contribution in [0.4, 0.5) is 0 Å². The number of nitrogens with one attached hydrogen (secondary N) is 1. The van der Waals surface area contributed by atoms with Crippen molar-refractivity contribution in [2.24, 2.45) is 0 Å². The van der Waals surface area contributed by atoms with Crippen molar-refractivity contribution in [3.05, 3.63) is 65.7 Å². The average Bonchev–Trinajstić information content (AvgIpc) is 2.58. The standard InChI is InChI=1S/C18H19NO3S/c1-14-7-5-6-10-16(14)18(21)22-13-17(20)19-11-12-23-15-8-3-2-4-9-15/h2-10H,11-13H2,1H3,(H,19,20). The van der Waals surface area contributed by atoms with Crippen LogP contribution >= 0.6 is 11.8 Å². The lowest BCUT2D eigenvalue weighted by Crippen LogP contribution is -2.30. The van der Waals surface area contributed by atoms with Crippen molar-refractivity contribution >= 4 is 23.6 Å². The van der Waals surface area contributed by atoms with Gasteiger partial charge in [-0.15, -0.1) is 11.8 Å². The van der Waals surface area contributed by atoms with E-state index in [4.69, 9.17) is 4.74 Å². The number of rotatable bonds is 7. The van der Waals surface area contributed by atoms with Crippen LogP contribution in [0.3, 0.4) is 0 Å². The second kappa shape index (κ2) is 9.00. The van der Waals surface area contributed by atoms with Crippen LogP contribution in [-0.4, -0.2) is 30.8 Å². The van der Waals surface area contributed by atoms with E-state index in [1.54, 1.807) is 23.9 Å². The van der Waals surface area contributed by atoms with E-state index in [0.717, 1.165) is 16.2 Å². The lowest BCUT2D eigenvalue weighted by Gasteiger charge is -2.08. The lowest BCUT2D eigenvalue weighted by molar-refractivity contribution is -0.124. The highest BCUT2D eigenvalue weighted by Gasteiger charge is 2.11. The van der Waals surface area contributed by atoms with Crippen molar-refractivity contribution in [3.63, 3.8) is 0 Å².